The minimum Gasteiger partial charge on any atom is -0.381 e. The van der Waals surface area contributed by atoms with E-state index in [0.29, 0.717) is 11.3 Å². The number of aliphatic imine (C=N–C) groups is 1. The monoisotopic (exact) mass is 453 g/mol. The lowest BCUT2D eigenvalue weighted by Crippen LogP contribution is -2.43. The molecule has 2 rings (SSSR count). The fourth-order valence-electron chi connectivity index (χ4n) is 3.62. The summed E-state index contributed by atoms with van der Waals surface area (Å²) in [5, 5.41) is 6.92. The number of guanidine groups is 1. The van der Waals surface area contributed by atoms with Crippen LogP contribution >= 0.6 is 24.0 Å². The van der Waals surface area contributed by atoms with E-state index >= 15 is 0 Å². The van der Waals surface area contributed by atoms with Crippen LogP contribution in [-0.2, 0) is 9.47 Å². The van der Waals surface area contributed by atoms with Crippen molar-refractivity contribution in [1.82, 2.24) is 10.6 Å². The minimum absolute atomic E-state index is 0. The molecule has 2 N–H and O–H groups in total. The van der Waals surface area contributed by atoms with Gasteiger partial charge in [0.05, 0.1) is 13.2 Å². The van der Waals surface area contributed by atoms with Gasteiger partial charge in [-0.25, -0.2) is 0 Å². The largest absolute Gasteiger partial charge is 0.381 e. The Morgan fingerprint density at radius 3 is 2.71 bits per heavy atom. The van der Waals surface area contributed by atoms with Gasteiger partial charge in [-0.1, -0.05) is 19.8 Å². The summed E-state index contributed by atoms with van der Waals surface area (Å²) in [4.78, 5) is 4.33. The zero-order valence-corrected chi connectivity index (χ0v) is 17.8. The number of ether oxygens (including phenoxy) is 2. The first-order valence-electron chi connectivity index (χ1n) is 9.38. The molecule has 0 amide bonds. The highest BCUT2D eigenvalue weighted by atomic mass is 127. The molecule has 1 atom stereocenters. The molecule has 0 bridgehead atoms. The van der Waals surface area contributed by atoms with Crippen LogP contribution in [0.15, 0.2) is 4.99 Å². The smallest absolute Gasteiger partial charge is 0.190 e. The molecule has 2 fully saturated rings. The van der Waals surface area contributed by atoms with Crippen molar-refractivity contribution in [3.05, 3.63) is 0 Å². The Morgan fingerprint density at radius 1 is 1.29 bits per heavy atom. The van der Waals surface area contributed by atoms with Crippen LogP contribution in [0.3, 0.4) is 0 Å². The van der Waals surface area contributed by atoms with Crippen molar-refractivity contribution in [1.29, 1.82) is 0 Å². The number of halogens is 1. The van der Waals surface area contributed by atoms with Crippen molar-refractivity contribution in [2.24, 2.45) is 16.3 Å². The number of hydrogen-bond donors (Lipinski definition) is 2. The van der Waals surface area contributed by atoms with E-state index in [1.54, 1.807) is 0 Å². The third-order valence-corrected chi connectivity index (χ3v) is 5.40. The molecule has 1 unspecified atom stereocenters. The average molecular weight is 453 g/mol. The second-order valence-electron chi connectivity index (χ2n) is 7.07. The van der Waals surface area contributed by atoms with Crippen LogP contribution in [0.1, 0.15) is 51.9 Å². The number of hydrogen-bond acceptors (Lipinski definition) is 3. The molecule has 0 aromatic carbocycles. The normalized spacial score (nSPS) is 23.1. The topological polar surface area (TPSA) is 54.9 Å². The Bertz CT molecular complexity index is 354. The van der Waals surface area contributed by atoms with Crippen LogP contribution in [0.4, 0.5) is 0 Å². The summed E-state index contributed by atoms with van der Waals surface area (Å²) in [5.41, 5.74) is 0.490. The Hall–Kier alpha value is -0.0800. The maximum atomic E-state index is 5.73. The van der Waals surface area contributed by atoms with Crippen LogP contribution in [-0.4, -0.2) is 52.5 Å². The van der Waals surface area contributed by atoms with Gasteiger partial charge in [0, 0.05) is 39.3 Å². The van der Waals surface area contributed by atoms with E-state index in [4.69, 9.17) is 9.47 Å². The maximum absolute atomic E-state index is 5.73. The lowest BCUT2D eigenvalue weighted by Gasteiger charge is -2.28. The van der Waals surface area contributed by atoms with Crippen molar-refractivity contribution in [2.75, 3.05) is 46.6 Å². The minimum atomic E-state index is 0. The van der Waals surface area contributed by atoms with Crippen LogP contribution in [0.2, 0.25) is 0 Å². The van der Waals surface area contributed by atoms with Gasteiger partial charge in [-0.05, 0) is 37.5 Å². The van der Waals surface area contributed by atoms with Gasteiger partial charge >= 0.3 is 0 Å². The molecule has 1 saturated heterocycles. The van der Waals surface area contributed by atoms with Crippen LogP contribution in [0.5, 0.6) is 0 Å². The fourth-order valence-corrected chi connectivity index (χ4v) is 3.62. The summed E-state index contributed by atoms with van der Waals surface area (Å²) in [6.07, 6.45) is 8.88. The highest BCUT2D eigenvalue weighted by Gasteiger charge is 2.31. The molecule has 0 aromatic heterocycles. The van der Waals surface area contributed by atoms with Gasteiger partial charge in [0.25, 0.3) is 0 Å². The molecule has 2 aliphatic rings. The summed E-state index contributed by atoms with van der Waals surface area (Å²) in [5.74, 6) is 1.53. The molecule has 0 radical (unpaired) electrons. The number of nitrogens with one attached hydrogen (secondary N) is 2. The first kappa shape index (κ1) is 22.0. The van der Waals surface area contributed by atoms with Gasteiger partial charge in [-0.15, -0.1) is 24.0 Å². The van der Waals surface area contributed by atoms with E-state index in [1.165, 1.54) is 32.1 Å². The third-order valence-electron chi connectivity index (χ3n) is 5.40. The first-order chi connectivity index (χ1) is 11.3. The average Bonchev–Trinajstić information content (AvgIpc) is 3.25. The van der Waals surface area contributed by atoms with E-state index in [2.05, 4.69) is 22.5 Å². The van der Waals surface area contributed by atoms with E-state index in [1.807, 2.05) is 7.05 Å². The highest BCUT2D eigenvalue weighted by molar-refractivity contribution is 14.0. The fraction of sp³-hybridized carbons (Fsp3) is 0.944. The third kappa shape index (κ3) is 7.44. The Balaban J connectivity index is 0.00000288. The molecule has 6 heteroatoms. The van der Waals surface area contributed by atoms with Gasteiger partial charge in [-0.2, -0.15) is 0 Å². The highest BCUT2D eigenvalue weighted by Crippen LogP contribution is 2.40. The molecule has 24 heavy (non-hydrogen) atoms. The van der Waals surface area contributed by atoms with Crippen molar-refractivity contribution in [2.45, 2.75) is 51.9 Å². The molecule has 142 valence electrons. The number of nitrogens with zero attached hydrogens (tertiary/aromatic N) is 1. The van der Waals surface area contributed by atoms with Crippen molar-refractivity contribution in [3.8, 4) is 0 Å². The number of rotatable bonds is 9. The predicted molar refractivity (Wildman–Crippen MR) is 110 cm³/mol. The zero-order chi connectivity index (χ0) is 16.4. The van der Waals surface area contributed by atoms with Gasteiger partial charge in [0.2, 0.25) is 0 Å². The van der Waals surface area contributed by atoms with Crippen molar-refractivity contribution < 1.29 is 9.47 Å². The first-order valence-corrected chi connectivity index (χ1v) is 9.38. The molecular formula is C18H36IN3O2. The summed E-state index contributed by atoms with van der Waals surface area (Å²) >= 11 is 0. The summed E-state index contributed by atoms with van der Waals surface area (Å²) in [6, 6.07) is 0. The van der Waals surface area contributed by atoms with Gasteiger partial charge in [-0.3, -0.25) is 4.99 Å². The predicted octanol–water partition coefficient (Wildman–Crippen LogP) is 3.18. The van der Waals surface area contributed by atoms with Crippen molar-refractivity contribution in [3.63, 3.8) is 0 Å². The molecule has 1 aliphatic heterocycles. The molecule has 1 aliphatic carbocycles. The standard InChI is InChI=1S/C18H35N3O2.HI/c1-3-18(8-4-5-9-18)15-21-17(19-2)20-10-6-11-22-13-16-7-12-23-14-16;/h16H,3-15H2,1-2H3,(H2,19,20,21);1H. The van der Waals surface area contributed by atoms with Crippen LogP contribution in [0, 0.1) is 11.3 Å². The molecule has 5 nitrogen and oxygen atoms in total. The summed E-state index contributed by atoms with van der Waals surface area (Å²) < 4.78 is 11.1. The van der Waals surface area contributed by atoms with Gasteiger partial charge in [0.15, 0.2) is 5.96 Å². The lowest BCUT2D eigenvalue weighted by molar-refractivity contribution is 0.0888. The Kier molecular flexibility index (Phi) is 11.3. The van der Waals surface area contributed by atoms with E-state index in [9.17, 15) is 0 Å². The van der Waals surface area contributed by atoms with Gasteiger partial charge < -0.3 is 20.1 Å². The van der Waals surface area contributed by atoms with Crippen LogP contribution in [0.25, 0.3) is 0 Å². The molecular weight excluding hydrogens is 417 g/mol. The lowest BCUT2D eigenvalue weighted by atomic mass is 9.83. The maximum Gasteiger partial charge on any atom is 0.190 e. The zero-order valence-electron chi connectivity index (χ0n) is 15.4. The molecule has 0 aromatic rings. The quantitative estimate of drug-likeness (QED) is 0.244. The van der Waals surface area contributed by atoms with Crippen molar-refractivity contribution >= 4 is 29.9 Å². The van der Waals surface area contributed by atoms with E-state index in [0.717, 1.165) is 58.3 Å². The molecule has 0 spiro atoms. The molecule has 1 saturated carbocycles. The Morgan fingerprint density at radius 2 is 2.08 bits per heavy atom. The second kappa shape index (κ2) is 12.3. The van der Waals surface area contributed by atoms with E-state index in [-0.39, 0.29) is 24.0 Å². The Labute approximate surface area is 164 Å². The summed E-state index contributed by atoms with van der Waals surface area (Å²) in [7, 11) is 1.85. The molecule has 1 heterocycles. The van der Waals surface area contributed by atoms with Crippen LogP contribution < -0.4 is 10.6 Å². The second-order valence-corrected chi connectivity index (χ2v) is 7.07. The SMILES string of the molecule is CCC1(CNC(=NC)NCCCOCC2CCOC2)CCCC1.I. The summed E-state index contributed by atoms with van der Waals surface area (Å²) in [6.45, 7) is 7.67. The van der Waals surface area contributed by atoms with E-state index < -0.39 is 0 Å². The van der Waals surface area contributed by atoms with Gasteiger partial charge in [0.1, 0.15) is 0 Å².